The van der Waals surface area contributed by atoms with E-state index in [0.29, 0.717) is 22.6 Å². The van der Waals surface area contributed by atoms with E-state index in [1.54, 1.807) is 37.6 Å². The van der Waals surface area contributed by atoms with Crippen LogP contribution in [0.3, 0.4) is 0 Å². The topological polar surface area (TPSA) is 65.3 Å². The molecule has 5 nitrogen and oxygen atoms in total. The van der Waals surface area contributed by atoms with Crippen molar-refractivity contribution in [2.75, 3.05) is 25.1 Å². The number of methoxy groups -OCH3 is 1. The lowest BCUT2D eigenvalue weighted by Crippen LogP contribution is -2.21. The fourth-order valence-electron chi connectivity index (χ4n) is 2.54. The van der Waals surface area contributed by atoms with Crippen LogP contribution in [-0.4, -0.2) is 36.6 Å². The van der Waals surface area contributed by atoms with E-state index in [0.717, 1.165) is 18.8 Å². The number of benzene rings is 2. The number of rotatable bonds is 7. The summed E-state index contributed by atoms with van der Waals surface area (Å²) >= 11 is 0. The Balaban J connectivity index is 2.23. The summed E-state index contributed by atoms with van der Waals surface area (Å²) in [6, 6.07) is 10.9. The lowest BCUT2D eigenvalue weighted by atomic mass is 10.1. The molecular formula is C19H24N2O3. The number of aromatic hydroxyl groups is 1. The van der Waals surface area contributed by atoms with E-state index in [1.807, 2.05) is 12.1 Å². The highest BCUT2D eigenvalue weighted by Gasteiger charge is 2.06. The summed E-state index contributed by atoms with van der Waals surface area (Å²) in [4.78, 5) is 6.54. The molecule has 0 atom stereocenters. The van der Waals surface area contributed by atoms with Crippen molar-refractivity contribution in [3.05, 3.63) is 47.5 Å². The molecule has 0 bridgehead atoms. The lowest BCUT2D eigenvalue weighted by molar-refractivity contribution is 0.274. The van der Waals surface area contributed by atoms with Crippen LogP contribution in [-0.2, 0) is 6.61 Å². The van der Waals surface area contributed by atoms with Gasteiger partial charge in [-0.15, -0.1) is 0 Å². The zero-order valence-corrected chi connectivity index (χ0v) is 14.4. The van der Waals surface area contributed by atoms with Crippen LogP contribution in [0.5, 0.6) is 11.5 Å². The van der Waals surface area contributed by atoms with Crippen molar-refractivity contribution in [1.29, 1.82) is 0 Å². The molecule has 0 unspecified atom stereocenters. The predicted octanol–water partition coefficient (Wildman–Crippen LogP) is 3.49. The normalized spacial score (nSPS) is 11.0. The molecule has 0 amide bonds. The summed E-state index contributed by atoms with van der Waals surface area (Å²) in [5, 5.41) is 19.6. The molecule has 0 spiro atoms. The first kappa shape index (κ1) is 17.8. The van der Waals surface area contributed by atoms with Crippen LogP contribution in [0.2, 0.25) is 0 Å². The minimum Gasteiger partial charge on any atom is -0.507 e. The molecule has 0 heterocycles. The van der Waals surface area contributed by atoms with Gasteiger partial charge in [0.1, 0.15) is 11.5 Å². The standard InChI is InChI=1S/C19H24N2O3/c1-4-21(5-2)17-8-6-14(18(23)11-17)12-20-16-7-9-19(24-3)15(10-16)13-22/h6-12,22-23H,4-5,13H2,1-3H3. The number of nitrogens with zero attached hydrogens (tertiary/aromatic N) is 2. The maximum absolute atomic E-state index is 10.2. The van der Waals surface area contributed by atoms with Gasteiger partial charge in [-0.25, -0.2) is 0 Å². The molecule has 24 heavy (non-hydrogen) atoms. The van der Waals surface area contributed by atoms with Crippen molar-refractivity contribution in [2.45, 2.75) is 20.5 Å². The van der Waals surface area contributed by atoms with Gasteiger partial charge < -0.3 is 19.8 Å². The van der Waals surface area contributed by atoms with Gasteiger partial charge in [-0.05, 0) is 44.2 Å². The Morgan fingerprint density at radius 1 is 1.12 bits per heavy atom. The number of hydrogen-bond donors (Lipinski definition) is 2. The largest absolute Gasteiger partial charge is 0.507 e. The molecule has 2 aromatic carbocycles. The molecule has 0 aliphatic heterocycles. The number of hydrogen-bond acceptors (Lipinski definition) is 5. The van der Waals surface area contributed by atoms with Crippen molar-refractivity contribution < 1.29 is 14.9 Å². The summed E-state index contributed by atoms with van der Waals surface area (Å²) in [5.41, 5.74) is 2.99. The molecule has 0 aromatic heterocycles. The number of aliphatic hydroxyl groups excluding tert-OH is 1. The van der Waals surface area contributed by atoms with E-state index in [-0.39, 0.29) is 12.4 Å². The molecule has 0 saturated heterocycles. The van der Waals surface area contributed by atoms with Crippen molar-refractivity contribution in [1.82, 2.24) is 0 Å². The van der Waals surface area contributed by atoms with Gasteiger partial charge in [-0.2, -0.15) is 0 Å². The summed E-state index contributed by atoms with van der Waals surface area (Å²) in [6.45, 7) is 5.82. The highest BCUT2D eigenvalue weighted by molar-refractivity contribution is 5.86. The second-order valence-electron chi connectivity index (χ2n) is 5.33. The zero-order valence-electron chi connectivity index (χ0n) is 14.4. The average molecular weight is 328 g/mol. The van der Waals surface area contributed by atoms with Gasteiger partial charge >= 0.3 is 0 Å². The number of phenolic OH excluding ortho intramolecular Hbond substituents is 1. The van der Waals surface area contributed by atoms with Gasteiger partial charge in [-0.3, -0.25) is 4.99 Å². The smallest absolute Gasteiger partial charge is 0.126 e. The Labute approximate surface area is 142 Å². The third-order valence-corrected chi connectivity index (χ3v) is 3.93. The molecule has 128 valence electrons. The first-order valence-corrected chi connectivity index (χ1v) is 8.02. The summed E-state index contributed by atoms with van der Waals surface area (Å²) in [5.74, 6) is 0.821. The Morgan fingerprint density at radius 2 is 1.88 bits per heavy atom. The van der Waals surface area contributed by atoms with Gasteiger partial charge in [0, 0.05) is 42.2 Å². The Hall–Kier alpha value is -2.53. The van der Waals surface area contributed by atoms with Gasteiger partial charge in [0.05, 0.1) is 19.4 Å². The van der Waals surface area contributed by atoms with Gasteiger partial charge in [-0.1, -0.05) is 0 Å². The second kappa shape index (κ2) is 8.36. The van der Waals surface area contributed by atoms with Crippen LogP contribution in [0, 0.1) is 0 Å². The predicted molar refractivity (Wildman–Crippen MR) is 97.8 cm³/mol. The van der Waals surface area contributed by atoms with E-state index in [2.05, 4.69) is 23.7 Å². The van der Waals surface area contributed by atoms with E-state index in [9.17, 15) is 10.2 Å². The van der Waals surface area contributed by atoms with Crippen LogP contribution < -0.4 is 9.64 Å². The first-order chi connectivity index (χ1) is 11.6. The number of ether oxygens (including phenoxy) is 1. The number of aliphatic hydroxyl groups is 1. The van der Waals surface area contributed by atoms with Gasteiger partial charge in [0.15, 0.2) is 0 Å². The molecule has 0 aliphatic carbocycles. The van der Waals surface area contributed by atoms with Crippen LogP contribution in [0.15, 0.2) is 41.4 Å². The SMILES string of the molecule is CCN(CC)c1ccc(C=Nc2ccc(OC)c(CO)c2)c(O)c1. The number of anilines is 1. The molecule has 0 fully saturated rings. The molecule has 2 N–H and O–H groups in total. The Bertz CT molecular complexity index is 710. The average Bonchev–Trinajstić information content (AvgIpc) is 2.61. The number of phenols is 1. The second-order valence-corrected chi connectivity index (χ2v) is 5.33. The highest BCUT2D eigenvalue weighted by atomic mass is 16.5. The van der Waals surface area contributed by atoms with E-state index in [4.69, 9.17) is 4.74 Å². The molecule has 0 aliphatic rings. The fraction of sp³-hybridized carbons (Fsp3) is 0.316. The summed E-state index contributed by atoms with van der Waals surface area (Å²) in [6.07, 6.45) is 1.62. The molecule has 0 radical (unpaired) electrons. The summed E-state index contributed by atoms with van der Waals surface area (Å²) in [7, 11) is 1.56. The van der Waals surface area contributed by atoms with Gasteiger partial charge in [0.25, 0.3) is 0 Å². The van der Waals surface area contributed by atoms with Crippen LogP contribution in [0.25, 0.3) is 0 Å². The van der Waals surface area contributed by atoms with Gasteiger partial charge in [0.2, 0.25) is 0 Å². The quantitative estimate of drug-likeness (QED) is 0.764. The zero-order chi connectivity index (χ0) is 17.5. The van der Waals surface area contributed by atoms with Crippen molar-refractivity contribution >= 4 is 17.6 Å². The van der Waals surface area contributed by atoms with Crippen molar-refractivity contribution in [3.63, 3.8) is 0 Å². The van der Waals surface area contributed by atoms with Crippen molar-refractivity contribution in [3.8, 4) is 11.5 Å². The molecule has 0 saturated carbocycles. The third-order valence-electron chi connectivity index (χ3n) is 3.93. The maximum Gasteiger partial charge on any atom is 0.126 e. The molecule has 5 heteroatoms. The van der Waals surface area contributed by atoms with E-state index >= 15 is 0 Å². The highest BCUT2D eigenvalue weighted by Crippen LogP contribution is 2.26. The van der Waals surface area contributed by atoms with E-state index in [1.165, 1.54) is 0 Å². The van der Waals surface area contributed by atoms with Crippen LogP contribution >= 0.6 is 0 Å². The van der Waals surface area contributed by atoms with Crippen LogP contribution in [0.4, 0.5) is 11.4 Å². The third kappa shape index (κ3) is 4.06. The minimum atomic E-state index is -0.115. The Morgan fingerprint density at radius 3 is 2.46 bits per heavy atom. The van der Waals surface area contributed by atoms with Crippen LogP contribution in [0.1, 0.15) is 25.0 Å². The van der Waals surface area contributed by atoms with E-state index < -0.39 is 0 Å². The first-order valence-electron chi connectivity index (χ1n) is 8.02. The minimum absolute atomic E-state index is 0.115. The molecule has 2 rings (SSSR count). The number of aliphatic imine (C=N–C) groups is 1. The molecule has 2 aromatic rings. The fourth-order valence-corrected chi connectivity index (χ4v) is 2.54. The Kier molecular flexibility index (Phi) is 6.21. The van der Waals surface area contributed by atoms with Crippen molar-refractivity contribution in [2.24, 2.45) is 4.99 Å². The lowest BCUT2D eigenvalue weighted by Gasteiger charge is -2.21. The molecular weight excluding hydrogens is 304 g/mol. The monoisotopic (exact) mass is 328 g/mol. The maximum atomic E-state index is 10.2. The summed E-state index contributed by atoms with van der Waals surface area (Å²) < 4.78 is 5.17.